The third-order valence-electron chi connectivity index (χ3n) is 4.31. The second kappa shape index (κ2) is 7.54. The van der Waals surface area contributed by atoms with Crippen LogP contribution in [0.3, 0.4) is 0 Å². The Bertz CT molecular complexity index is 1260. The number of aromatic nitrogens is 2. The number of nitrogens with zero attached hydrogens (tertiary/aromatic N) is 2. The number of benzene rings is 2. The highest BCUT2D eigenvalue weighted by molar-refractivity contribution is 7.15. The molecule has 3 aromatic heterocycles. The molecule has 0 spiro atoms. The molecule has 0 aliphatic rings. The Morgan fingerprint density at radius 1 is 0.931 bits per heavy atom. The summed E-state index contributed by atoms with van der Waals surface area (Å²) in [5.74, 6) is 1.30. The number of nitrogens with one attached hydrogen (secondary N) is 1. The van der Waals surface area contributed by atoms with Crippen molar-refractivity contribution in [3.8, 4) is 22.1 Å². The lowest BCUT2D eigenvalue weighted by atomic mass is 10.3. The van der Waals surface area contributed by atoms with Crippen molar-refractivity contribution in [2.24, 2.45) is 0 Å². The highest BCUT2D eigenvalue weighted by Crippen LogP contribution is 2.27. The van der Waals surface area contributed by atoms with E-state index >= 15 is 0 Å². The zero-order chi connectivity index (χ0) is 19.6. The predicted octanol–water partition coefficient (Wildman–Crippen LogP) is 6.17. The summed E-state index contributed by atoms with van der Waals surface area (Å²) in [7, 11) is 0. The molecule has 0 aliphatic heterocycles. The molecule has 1 amide bonds. The van der Waals surface area contributed by atoms with E-state index in [0.717, 1.165) is 21.3 Å². The number of fused-ring (bicyclic) bond motifs is 1. The molecule has 0 bridgehead atoms. The lowest BCUT2D eigenvalue weighted by molar-refractivity contribution is 0.102. The van der Waals surface area contributed by atoms with Gasteiger partial charge in [0, 0.05) is 17.3 Å². The molecule has 1 N–H and O–H groups in total. The average molecular weight is 418 g/mol. The van der Waals surface area contributed by atoms with E-state index in [1.807, 2.05) is 88.1 Å². The van der Waals surface area contributed by atoms with Crippen LogP contribution < -0.4 is 10.1 Å². The van der Waals surface area contributed by atoms with E-state index in [1.54, 1.807) is 11.3 Å². The number of carbonyl (C=O) groups excluding carboxylic acids is 1. The van der Waals surface area contributed by atoms with Gasteiger partial charge in [0.25, 0.3) is 5.91 Å². The van der Waals surface area contributed by atoms with Crippen LogP contribution >= 0.6 is 22.7 Å². The van der Waals surface area contributed by atoms with Crippen LogP contribution in [0.2, 0.25) is 0 Å². The van der Waals surface area contributed by atoms with Gasteiger partial charge in [0.1, 0.15) is 22.9 Å². The highest BCUT2D eigenvalue weighted by atomic mass is 32.1. The first-order chi connectivity index (χ1) is 14.3. The van der Waals surface area contributed by atoms with Gasteiger partial charge < -0.3 is 10.1 Å². The summed E-state index contributed by atoms with van der Waals surface area (Å²) in [6, 6.07) is 20.9. The summed E-state index contributed by atoms with van der Waals surface area (Å²) in [6.45, 7) is 0. The van der Waals surface area contributed by atoms with E-state index in [-0.39, 0.29) is 5.91 Å². The Morgan fingerprint density at radius 3 is 2.48 bits per heavy atom. The molecule has 7 heteroatoms. The van der Waals surface area contributed by atoms with Crippen molar-refractivity contribution in [3.05, 3.63) is 89.4 Å². The fraction of sp³-hybridized carbons (Fsp3) is 0. The molecule has 5 rings (SSSR count). The molecular formula is C22H15N3O2S2. The number of thiazole rings is 1. The van der Waals surface area contributed by atoms with Gasteiger partial charge in [-0.1, -0.05) is 24.3 Å². The summed E-state index contributed by atoms with van der Waals surface area (Å²) >= 11 is 3.08. The quantitative estimate of drug-likeness (QED) is 0.372. The maximum absolute atomic E-state index is 12.8. The zero-order valence-electron chi connectivity index (χ0n) is 15.1. The van der Waals surface area contributed by atoms with Crippen molar-refractivity contribution >= 4 is 39.2 Å². The fourth-order valence-corrected chi connectivity index (χ4v) is 4.45. The summed E-state index contributed by atoms with van der Waals surface area (Å²) in [5, 5.41) is 6.78. The Labute approximate surface area is 174 Å². The predicted molar refractivity (Wildman–Crippen MR) is 117 cm³/mol. The highest BCUT2D eigenvalue weighted by Gasteiger charge is 2.16. The van der Waals surface area contributed by atoms with Crippen molar-refractivity contribution < 1.29 is 9.53 Å². The Morgan fingerprint density at radius 2 is 1.72 bits per heavy atom. The third-order valence-corrected chi connectivity index (χ3v) is 6.04. The van der Waals surface area contributed by atoms with Gasteiger partial charge in [-0.25, -0.2) is 4.98 Å². The molecule has 0 radical (unpaired) electrons. The number of thiophene rings is 1. The van der Waals surface area contributed by atoms with Gasteiger partial charge >= 0.3 is 0 Å². The topological polar surface area (TPSA) is 55.6 Å². The van der Waals surface area contributed by atoms with Crippen LogP contribution in [0.15, 0.2) is 83.7 Å². The maximum Gasteiger partial charge on any atom is 0.273 e. The number of hydrogen-bond donors (Lipinski definition) is 1. The van der Waals surface area contributed by atoms with E-state index in [0.29, 0.717) is 17.1 Å². The summed E-state index contributed by atoms with van der Waals surface area (Å²) in [4.78, 5) is 19.3. The number of amides is 1. The van der Waals surface area contributed by atoms with Crippen molar-refractivity contribution in [2.45, 2.75) is 0 Å². The third kappa shape index (κ3) is 3.65. The standard InChI is InChI=1S/C22H15N3O2S2/c26-21(19-14-29-22-24-18(13-25(19)22)20-7-4-12-28-20)23-15-8-10-17(11-9-15)27-16-5-2-1-3-6-16/h1-14H,(H,23,26). The van der Waals surface area contributed by atoms with Crippen LogP contribution in [0.25, 0.3) is 15.5 Å². The molecule has 142 valence electrons. The van der Waals surface area contributed by atoms with Crippen LogP contribution in [0.4, 0.5) is 5.69 Å². The Balaban J connectivity index is 1.32. The Kier molecular flexibility index (Phi) is 4.59. The van der Waals surface area contributed by atoms with Gasteiger partial charge in [0.15, 0.2) is 4.96 Å². The molecular weight excluding hydrogens is 402 g/mol. The van der Waals surface area contributed by atoms with Crippen LogP contribution in [-0.4, -0.2) is 15.3 Å². The second-order valence-corrected chi connectivity index (χ2v) is 8.05. The van der Waals surface area contributed by atoms with Crippen LogP contribution in [-0.2, 0) is 0 Å². The molecule has 0 aliphatic carbocycles. The van der Waals surface area contributed by atoms with Gasteiger partial charge in [0.2, 0.25) is 0 Å². The molecule has 5 aromatic rings. The molecule has 0 saturated carbocycles. The molecule has 3 heterocycles. The van der Waals surface area contributed by atoms with Crippen LogP contribution in [0, 0.1) is 0 Å². The lowest BCUT2D eigenvalue weighted by Crippen LogP contribution is -2.13. The number of carbonyl (C=O) groups is 1. The lowest BCUT2D eigenvalue weighted by Gasteiger charge is -2.08. The van der Waals surface area contributed by atoms with Crippen molar-refractivity contribution in [2.75, 3.05) is 5.32 Å². The number of para-hydroxylation sites is 1. The van der Waals surface area contributed by atoms with E-state index in [1.165, 1.54) is 11.3 Å². The number of anilines is 1. The van der Waals surface area contributed by atoms with Gasteiger partial charge in [-0.3, -0.25) is 9.20 Å². The van der Waals surface area contributed by atoms with Gasteiger partial charge in [-0.15, -0.1) is 22.7 Å². The minimum absolute atomic E-state index is 0.178. The number of ether oxygens (including phenoxy) is 1. The number of rotatable bonds is 5. The van der Waals surface area contributed by atoms with Crippen LogP contribution in [0.1, 0.15) is 10.5 Å². The monoisotopic (exact) mass is 417 g/mol. The van der Waals surface area contributed by atoms with Crippen molar-refractivity contribution in [1.29, 1.82) is 0 Å². The minimum Gasteiger partial charge on any atom is -0.457 e. The molecule has 2 aromatic carbocycles. The van der Waals surface area contributed by atoms with Crippen molar-refractivity contribution in [3.63, 3.8) is 0 Å². The average Bonchev–Trinajstić information content (AvgIpc) is 3.47. The largest absolute Gasteiger partial charge is 0.457 e. The first-order valence-electron chi connectivity index (χ1n) is 8.91. The summed E-state index contributed by atoms with van der Waals surface area (Å²) < 4.78 is 7.62. The molecule has 0 atom stereocenters. The minimum atomic E-state index is -0.178. The second-order valence-electron chi connectivity index (χ2n) is 6.27. The molecule has 0 fully saturated rings. The van der Waals surface area contributed by atoms with E-state index in [4.69, 9.17) is 4.74 Å². The van der Waals surface area contributed by atoms with Crippen molar-refractivity contribution in [1.82, 2.24) is 9.38 Å². The molecule has 29 heavy (non-hydrogen) atoms. The van der Waals surface area contributed by atoms with E-state index in [2.05, 4.69) is 10.3 Å². The zero-order valence-corrected chi connectivity index (χ0v) is 16.7. The normalized spacial score (nSPS) is 10.9. The van der Waals surface area contributed by atoms with E-state index < -0.39 is 0 Å². The first-order valence-corrected chi connectivity index (χ1v) is 10.7. The molecule has 5 nitrogen and oxygen atoms in total. The van der Waals surface area contributed by atoms with E-state index in [9.17, 15) is 4.79 Å². The summed E-state index contributed by atoms with van der Waals surface area (Å²) in [5.41, 5.74) is 2.14. The molecule has 0 unspecified atom stereocenters. The smallest absolute Gasteiger partial charge is 0.273 e. The Hall–Kier alpha value is -3.42. The number of imidazole rings is 1. The van der Waals surface area contributed by atoms with Gasteiger partial charge in [-0.2, -0.15) is 0 Å². The first kappa shape index (κ1) is 17.7. The van der Waals surface area contributed by atoms with Crippen LogP contribution in [0.5, 0.6) is 11.5 Å². The fourth-order valence-electron chi connectivity index (χ4n) is 2.92. The SMILES string of the molecule is O=C(Nc1ccc(Oc2ccccc2)cc1)c1csc2nc(-c3cccs3)cn12. The van der Waals surface area contributed by atoms with Gasteiger partial charge in [0.05, 0.1) is 4.88 Å². The number of hydrogen-bond acceptors (Lipinski definition) is 5. The summed E-state index contributed by atoms with van der Waals surface area (Å²) in [6.07, 6.45) is 1.91. The maximum atomic E-state index is 12.8. The van der Waals surface area contributed by atoms with Gasteiger partial charge in [-0.05, 0) is 47.8 Å². The molecule has 0 saturated heterocycles.